The lowest BCUT2D eigenvalue weighted by atomic mass is 10.3. The molecule has 1 aromatic rings. The van der Waals surface area contributed by atoms with E-state index in [4.69, 9.17) is 9.47 Å². The topological polar surface area (TPSA) is 93.7 Å². The molecule has 0 saturated carbocycles. The van der Waals surface area contributed by atoms with Gasteiger partial charge in [0.25, 0.3) is 5.91 Å². The summed E-state index contributed by atoms with van der Waals surface area (Å²) in [7, 11) is 0. The second-order valence-corrected chi connectivity index (χ2v) is 5.54. The van der Waals surface area contributed by atoms with Crippen LogP contribution in [-0.2, 0) is 14.3 Å². The number of nitrogens with one attached hydrogen (secondary N) is 2. The van der Waals surface area contributed by atoms with Gasteiger partial charge in [-0.3, -0.25) is 10.1 Å². The van der Waals surface area contributed by atoms with Gasteiger partial charge in [0, 0.05) is 11.0 Å². The van der Waals surface area contributed by atoms with E-state index in [1.807, 2.05) is 6.92 Å². The third-order valence-corrected chi connectivity index (χ3v) is 3.12. The fourth-order valence-electron chi connectivity index (χ4n) is 1.46. The van der Waals surface area contributed by atoms with E-state index < -0.39 is 30.6 Å². The molecule has 0 aliphatic rings. The van der Waals surface area contributed by atoms with Gasteiger partial charge in [-0.1, -0.05) is 22.9 Å². The highest BCUT2D eigenvalue weighted by Crippen LogP contribution is 2.17. The highest BCUT2D eigenvalue weighted by molar-refractivity contribution is 9.10. The van der Waals surface area contributed by atoms with Crippen LogP contribution in [-0.4, -0.2) is 37.2 Å². The Balaban J connectivity index is 2.33. The first kappa shape index (κ1) is 19.0. The molecule has 2 N–H and O–H groups in total. The molecule has 0 aliphatic heterocycles. The van der Waals surface area contributed by atoms with Crippen molar-refractivity contribution in [1.29, 1.82) is 0 Å². The van der Waals surface area contributed by atoms with Crippen molar-refractivity contribution in [3.05, 3.63) is 28.7 Å². The minimum absolute atomic E-state index is 0.455. The number of esters is 1. The number of urea groups is 1. The maximum absolute atomic E-state index is 11.7. The van der Waals surface area contributed by atoms with Crippen LogP contribution in [0, 0.1) is 0 Å². The van der Waals surface area contributed by atoms with Gasteiger partial charge in [-0.25, -0.2) is 9.59 Å². The summed E-state index contributed by atoms with van der Waals surface area (Å²) >= 11 is 3.29. The number of rotatable bonds is 7. The molecule has 0 heterocycles. The van der Waals surface area contributed by atoms with Crippen LogP contribution in [0.4, 0.5) is 4.79 Å². The average Bonchev–Trinajstić information content (AvgIpc) is 2.52. The van der Waals surface area contributed by atoms with Crippen LogP contribution in [0.3, 0.4) is 0 Å². The predicted octanol–water partition coefficient (Wildman–Crippen LogP) is 2.00. The predicted molar refractivity (Wildman–Crippen MR) is 87.0 cm³/mol. The second kappa shape index (κ2) is 9.83. The van der Waals surface area contributed by atoms with Crippen molar-refractivity contribution in [3.8, 4) is 5.75 Å². The fraction of sp³-hybridized carbons (Fsp3) is 0.400. The normalized spacial score (nSPS) is 11.3. The van der Waals surface area contributed by atoms with Gasteiger partial charge in [-0.05, 0) is 37.6 Å². The van der Waals surface area contributed by atoms with E-state index in [0.29, 0.717) is 12.3 Å². The van der Waals surface area contributed by atoms with E-state index in [0.717, 1.165) is 10.9 Å². The van der Waals surface area contributed by atoms with Crippen LogP contribution < -0.4 is 15.4 Å². The largest absolute Gasteiger partial charge is 0.479 e. The Kier molecular flexibility index (Phi) is 8.10. The Labute approximate surface area is 142 Å². The summed E-state index contributed by atoms with van der Waals surface area (Å²) in [5.41, 5.74) is 0. The molecule has 23 heavy (non-hydrogen) atoms. The van der Waals surface area contributed by atoms with Gasteiger partial charge >= 0.3 is 12.0 Å². The molecule has 1 rings (SSSR count). The van der Waals surface area contributed by atoms with E-state index >= 15 is 0 Å². The van der Waals surface area contributed by atoms with Crippen LogP contribution in [0.2, 0.25) is 0 Å². The van der Waals surface area contributed by atoms with Crippen LogP contribution in [0.25, 0.3) is 0 Å². The molecule has 1 aromatic carbocycles. The zero-order valence-electron chi connectivity index (χ0n) is 12.9. The molecule has 0 aromatic heterocycles. The van der Waals surface area contributed by atoms with Crippen LogP contribution in [0.5, 0.6) is 5.75 Å². The van der Waals surface area contributed by atoms with Crippen molar-refractivity contribution in [2.24, 2.45) is 0 Å². The highest BCUT2D eigenvalue weighted by Gasteiger charge is 2.18. The summed E-state index contributed by atoms with van der Waals surface area (Å²) in [6.45, 7) is 3.30. The van der Waals surface area contributed by atoms with Crippen molar-refractivity contribution >= 4 is 33.8 Å². The molecule has 1 unspecified atom stereocenters. The second-order valence-electron chi connectivity index (χ2n) is 4.63. The van der Waals surface area contributed by atoms with Gasteiger partial charge in [0.05, 0.1) is 0 Å². The first-order chi connectivity index (χ1) is 10.9. The first-order valence-electron chi connectivity index (χ1n) is 7.09. The molecule has 0 fully saturated rings. The Bertz CT molecular complexity index is 547. The third kappa shape index (κ3) is 7.64. The molecule has 0 radical (unpaired) electrons. The number of hydrogen-bond acceptors (Lipinski definition) is 5. The number of amides is 3. The summed E-state index contributed by atoms with van der Waals surface area (Å²) in [5.74, 6) is -0.902. The minimum Gasteiger partial charge on any atom is -0.479 e. The van der Waals surface area contributed by atoms with E-state index in [9.17, 15) is 14.4 Å². The number of carbonyl (C=O) groups is 3. The first-order valence-corrected chi connectivity index (χ1v) is 7.88. The van der Waals surface area contributed by atoms with Crippen molar-refractivity contribution in [3.63, 3.8) is 0 Å². The lowest BCUT2D eigenvalue weighted by Gasteiger charge is -2.14. The lowest BCUT2D eigenvalue weighted by molar-refractivity contribution is -0.154. The molecular weight excluding hydrogens is 368 g/mol. The summed E-state index contributed by atoms with van der Waals surface area (Å²) in [5, 5.41) is 4.52. The Morgan fingerprint density at radius 2 is 1.87 bits per heavy atom. The van der Waals surface area contributed by atoms with Crippen molar-refractivity contribution in [1.82, 2.24) is 10.6 Å². The standard InChI is InChI=1S/C15H19BrN2O5/c1-3-8-17-15(21)18-13(19)9-22-14(20)10(2)23-12-6-4-11(16)5-7-12/h4-7,10H,3,8-9H2,1-2H3,(H2,17,18,19,21). The smallest absolute Gasteiger partial charge is 0.347 e. The molecule has 8 heteroatoms. The van der Waals surface area contributed by atoms with E-state index in [1.165, 1.54) is 6.92 Å². The fourth-order valence-corrected chi connectivity index (χ4v) is 1.73. The van der Waals surface area contributed by atoms with Crippen LogP contribution in [0.15, 0.2) is 28.7 Å². The molecule has 0 bridgehead atoms. The van der Waals surface area contributed by atoms with Gasteiger partial charge in [0.15, 0.2) is 12.7 Å². The maximum Gasteiger partial charge on any atom is 0.347 e. The van der Waals surface area contributed by atoms with E-state index in [1.54, 1.807) is 24.3 Å². The van der Waals surface area contributed by atoms with Gasteiger partial charge < -0.3 is 14.8 Å². The zero-order chi connectivity index (χ0) is 17.2. The number of ether oxygens (including phenoxy) is 2. The summed E-state index contributed by atoms with van der Waals surface area (Å²) in [4.78, 5) is 34.4. The minimum atomic E-state index is -0.877. The number of halogens is 1. The molecule has 7 nitrogen and oxygen atoms in total. The Morgan fingerprint density at radius 1 is 1.22 bits per heavy atom. The highest BCUT2D eigenvalue weighted by atomic mass is 79.9. The van der Waals surface area contributed by atoms with E-state index in [-0.39, 0.29) is 0 Å². The molecule has 0 saturated heterocycles. The molecule has 0 aliphatic carbocycles. The maximum atomic E-state index is 11.7. The molecule has 3 amide bonds. The van der Waals surface area contributed by atoms with Gasteiger partial charge in [-0.15, -0.1) is 0 Å². The Hall–Kier alpha value is -2.09. The number of hydrogen-bond donors (Lipinski definition) is 2. The average molecular weight is 387 g/mol. The van der Waals surface area contributed by atoms with Gasteiger partial charge in [0.2, 0.25) is 0 Å². The summed E-state index contributed by atoms with van der Waals surface area (Å²) in [6, 6.07) is 6.31. The van der Waals surface area contributed by atoms with Gasteiger partial charge in [-0.2, -0.15) is 0 Å². The number of carbonyl (C=O) groups excluding carboxylic acids is 3. The third-order valence-electron chi connectivity index (χ3n) is 2.59. The van der Waals surface area contributed by atoms with Crippen molar-refractivity contribution in [2.75, 3.05) is 13.2 Å². The monoisotopic (exact) mass is 386 g/mol. The van der Waals surface area contributed by atoms with Crippen LogP contribution in [0.1, 0.15) is 20.3 Å². The quantitative estimate of drug-likeness (QED) is 0.698. The number of imide groups is 1. The lowest BCUT2D eigenvalue weighted by Crippen LogP contribution is -2.42. The molecule has 126 valence electrons. The number of benzene rings is 1. The molecule has 0 spiro atoms. The Morgan fingerprint density at radius 3 is 2.48 bits per heavy atom. The zero-order valence-corrected chi connectivity index (χ0v) is 14.5. The van der Waals surface area contributed by atoms with E-state index in [2.05, 4.69) is 26.6 Å². The van der Waals surface area contributed by atoms with Crippen molar-refractivity contribution in [2.45, 2.75) is 26.4 Å². The molecule has 1 atom stereocenters. The van der Waals surface area contributed by atoms with Crippen molar-refractivity contribution < 1.29 is 23.9 Å². The van der Waals surface area contributed by atoms with Crippen LogP contribution >= 0.6 is 15.9 Å². The summed E-state index contributed by atoms with van der Waals surface area (Å²) in [6.07, 6.45) is -0.125. The SMILES string of the molecule is CCCNC(=O)NC(=O)COC(=O)C(C)Oc1ccc(Br)cc1. The molecular formula is C15H19BrN2O5. The van der Waals surface area contributed by atoms with Gasteiger partial charge in [0.1, 0.15) is 5.75 Å². The summed E-state index contributed by atoms with van der Waals surface area (Å²) < 4.78 is 11.1.